The van der Waals surface area contributed by atoms with Gasteiger partial charge in [0.1, 0.15) is 89.9 Å². The number of hydrogen-bond donors (Lipinski definition) is 8. The first-order valence-corrected chi connectivity index (χ1v) is 49.5. The monoisotopic (exact) mass is 1930 g/mol. The second-order valence-corrected chi connectivity index (χ2v) is 39.9. The molecule has 0 bridgehead atoms. The fraction of sp³-hybridized carbons (Fsp3) is 0.200. The molecule has 141 heavy (non-hydrogen) atoms. The SMILES string of the molecule is CC(C)CCSc1ccc2nn(-c3ccc(NC(=O)N(c4ccccc4)c4ccccc4)cc3O)nc2c1.CC(C)CCSc1ccc2nn(-c3ccc(NC(=O)n4c5ccccc5c5ccccc54)cc3O)nc2c1.CN(C)C(=O)Nc1ccc(-n2nc3ccc(SC4CCC(C(C)(C)C)CC4)cc3n2)c(O)c1.O=C(Nc1ccc(-n2nc3ccccc3n2)c(O)c1)N(c1ccccc1)c1ccccc1. The van der Waals surface area contributed by atoms with E-state index in [0.717, 1.165) is 129 Å². The number of carbonyl (C=O) groups excluding carboxylic acids is 4. The van der Waals surface area contributed by atoms with Gasteiger partial charge in [0.25, 0.3) is 0 Å². The summed E-state index contributed by atoms with van der Waals surface area (Å²) in [6, 6.07) is 97.3. The Kier molecular flexibility index (Phi) is 30.0. The van der Waals surface area contributed by atoms with E-state index < -0.39 is 0 Å². The number of hydrogen-bond acceptors (Lipinski definition) is 19. The summed E-state index contributed by atoms with van der Waals surface area (Å²) in [4.78, 5) is 65.5. The highest BCUT2D eigenvalue weighted by atomic mass is 32.2. The van der Waals surface area contributed by atoms with Gasteiger partial charge in [-0.05, 0) is 249 Å². The van der Waals surface area contributed by atoms with Crippen molar-refractivity contribution < 1.29 is 39.6 Å². The van der Waals surface area contributed by atoms with E-state index in [0.29, 0.717) is 68.0 Å². The minimum absolute atomic E-state index is 0.00271. The average molecular weight is 1930 g/mol. The van der Waals surface area contributed by atoms with Crippen LogP contribution in [0.25, 0.3) is 88.7 Å². The Morgan fingerprint density at radius 3 is 0.979 bits per heavy atom. The Balaban J connectivity index is 0.000000130. The van der Waals surface area contributed by atoms with Crippen molar-refractivity contribution in [3.05, 3.63) is 322 Å². The number of aromatic hydroxyl groups is 4. The van der Waals surface area contributed by atoms with Gasteiger partial charge in [-0.25, -0.2) is 19.2 Å². The number of phenolic OH excluding ortho intramolecular Hbond substituents is 4. The summed E-state index contributed by atoms with van der Waals surface area (Å²) in [7, 11) is 3.32. The summed E-state index contributed by atoms with van der Waals surface area (Å²) < 4.78 is 1.66. The van der Waals surface area contributed by atoms with Gasteiger partial charge in [-0.3, -0.25) is 14.4 Å². The lowest BCUT2D eigenvalue weighted by Crippen LogP contribution is -2.30. The van der Waals surface area contributed by atoms with Crippen molar-refractivity contribution in [2.75, 3.05) is 56.7 Å². The molecule has 0 spiro atoms. The summed E-state index contributed by atoms with van der Waals surface area (Å²) in [6.45, 7) is 16.0. The fourth-order valence-corrected chi connectivity index (χ4v) is 19.9. The molecule has 28 nitrogen and oxygen atoms in total. The zero-order valence-corrected chi connectivity index (χ0v) is 81.8. The van der Waals surface area contributed by atoms with E-state index in [1.807, 2.05) is 260 Å². The molecule has 0 aliphatic heterocycles. The van der Waals surface area contributed by atoms with E-state index in [1.165, 1.54) is 78.9 Å². The van der Waals surface area contributed by atoms with Crippen molar-refractivity contribution in [1.29, 1.82) is 0 Å². The van der Waals surface area contributed by atoms with E-state index in [1.54, 1.807) is 77.0 Å². The van der Waals surface area contributed by atoms with E-state index in [9.17, 15) is 39.6 Å². The minimum atomic E-state index is -0.350. The first-order valence-electron chi connectivity index (χ1n) is 46.6. The molecular formula is C110H108N20O8S3. The van der Waals surface area contributed by atoms with Gasteiger partial charge < -0.3 is 46.6 Å². The third kappa shape index (κ3) is 23.5. The van der Waals surface area contributed by atoms with Crippen LogP contribution in [0.4, 0.5) is 64.7 Å². The first-order chi connectivity index (χ1) is 68.2. The number of fused-ring (bicyclic) bond motifs is 7. The van der Waals surface area contributed by atoms with Crippen LogP contribution in [-0.4, -0.2) is 145 Å². The van der Waals surface area contributed by atoms with Crippen molar-refractivity contribution in [3.63, 3.8) is 0 Å². The molecule has 714 valence electrons. The second kappa shape index (κ2) is 43.8. The van der Waals surface area contributed by atoms with Crippen molar-refractivity contribution in [1.82, 2.24) is 69.4 Å². The maximum atomic E-state index is 13.4. The maximum absolute atomic E-state index is 13.4. The summed E-state index contributed by atoms with van der Waals surface area (Å²) in [5.74, 6) is 4.14. The molecule has 19 aromatic rings. The topological polar surface area (TPSA) is 335 Å². The zero-order valence-electron chi connectivity index (χ0n) is 79.4. The molecular weight excluding hydrogens is 1830 g/mol. The minimum Gasteiger partial charge on any atom is -0.506 e. The van der Waals surface area contributed by atoms with E-state index in [4.69, 9.17) is 0 Å². The Labute approximate surface area is 828 Å². The smallest absolute Gasteiger partial charge is 0.330 e. The Bertz CT molecular complexity index is 7490. The van der Waals surface area contributed by atoms with Crippen LogP contribution in [0.3, 0.4) is 0 Å². The lowest BCUT2D eigenvalue weighted by Gasteiger charge is -2.36. The predicted molar refractivity (Wildman–Crippen MR) is 568 cm³/mol. The van der Waals surface area contributed by atoms with E-state index >= 15 is 0 Å². The fourth-order valence-electron chi connectivity index (χ4n) is 16.4. The van der Waals surface area contributed by atoms with Gasteiger partial charge in [0.05, 0.1) is 33.8 Å². The molecule has 0 unspecified atom stereocenters. The lowest BCUT2D eigenvalue weighted by atomic mass is 9.72. The van der Waals surface area contributed by atoms with Crippen LogP contribution >= 0.6 is 35.3 Å². The number of para-hydroxylation sites is 6. The average Bonchev–Trinajstić information content (AvgIpc) is 1.60. The molecule has 5 heterocycles. The largest absolute Gasteiger partial charge is 0.506 e. The number of thioether (sulfide) groups is 3. The summed E-state index contributed by atoms with van der Waals surface area (Å²) in [5, 5.41) is 92.9. The molecule has 1 fully saturated rings. The van der Waals surface area contributed by atoms with Gasteiger partial charge in [0, 0.05) is 91.8 Å². The number of aromatic nitrogens is 13. The van der Waals surface area contributed by atoms with E-state index in [-0.39, 0.29) is 47.1 Å². The highest BCUT2D eigenvalue weighted by Crippen LogP contribution is 2.44. The molecule has 31 heteroatoms. The molecule has 14 aromatic carbocycles. The summed E-state index contributed by atoms with van der Waals surface area (Å²) >= 11 is 5.56. The molecule has 8 N–H and O–H groups in total. The Morgan fingerprint density at radius 2 is 0.645 bits per heavy atom. The quantitative estimate of drug-likeness (QED) is 0.0292. The maximum Gasteiger partial charge on any atom is 0.330 e. The van der Waals surface area contributed by atoms with Crippen LogP contribution in [0.2, 0.25) is 0 Å². The Morgan fingerprint density at radius 1 is 0.348 bits per heavy atom. The number of urea groups is 3. The summed E-state index contributed by atoms with van der Waals surface area (Å²) in [5.41, 5.74) is 14.6. The molecule has 0 saturated heterocycles. The molecule has 7 amide bonds. The molecule has 20 rings (SSSR count). The molecule has 0 radical (unpaired) electrons. The van der Waals surface area contributed by atoms with Gasteiger partial charge in [-0.15, -0.1) is 95.3 Å². The predicted octanol–water partition coefficient (Wildman–Crippen LogP) is 26.5. The molecule has 0 atom stereocenters. The number of phenols is 4. The molecule has 5 aromatic heterocycles. The van der Waals surface area contributed by atoms with Crippen molar-refractivity contribution >= 4 is 171 Å². The third-order valence-corrected chi connectivity index (χ3v) is 27.3. The van der Waals surface area contributed by atoms with Crippen LogP contribution in [0.1, 0.15) is 87.0 Å². The van der Waals surface area contributed by atoms with Crippen molar-refractivity contribution in [3.8, 4) is 45.7 Å². The molecule has 1 aliphatic carbocycles. The second-order valence-electron chi connectivity index (χ2n) is 36.2. The number of carbonyl (C=O) groups is 4. The lowest BCUT2D eigenvalue weighted by molar-refractivity contribution is 0.182. The highest BCUT2D eigenvalue weighted by molar-refractivity contribution is 8.00. The normalized spacial score (nSPS) is 13.0. The highest BCUT2D eigenvalue weighted by Gasteiger charge is 2.31. The van der Waals surface area contributed by atoms with Gasteiger partial charge in [-0.1, -0.05) is 170 Å². The standard InChI is InChI=1S/C30H27N5O2S.C30H29N5O2S.C25H33N5O2S.C25H19N5O2/c1-19(2)15-16-38-21-12-13-24-25(18-21)33-35(32-24)28-14-11-20(17-29(28)36)31-30(37)34-26-9-5-3-7-22(26)23-8-4-6-10-27(23)34;1-21(2)17-18-38-25-14-15-26-27(20-25)33-35(32-26)28-16-13-22(19-29(28)36)31-30(37)34(23-9-5-3-6-10-23)24-11-7-4-8-12-24;1-25(2,3)16-6-9-18(10-7-16)33-19-11-12-20-21(15-19)28-30(27-20)22-13-8-17(14-23(22)31)26-24(32)29(4)5;31-24-17-18(15-16-23(24)30-27-21-13-7-8-14-22(21)28-30)26-25(32)29(19-9-3-1-4-10-19)20-11-5-2-6-12-20/h3-14,17-19,36H,15-16H2,1-2H3,(H,31,37);3-16,19-21,36H,17-18H2,1-2H3,(H,31,37);8,11-16,18,31H,6-7,9-10H2,1-5H3,(H,26,32);1-17,31H,(H,26,32). The van der Waals surface area contributed by atoms with Crippen molar-refractivity contribution in [2.45, 2.75) is 107 Å². The van der Waals surface area contributed by atoms with Crippen LogP contribution in [-0.2, 0) is 0 Å². The van der Waals surface area contributed by atoms with Crippen LogP contribution in [0, 0.1) is 23.2 Å². The summed E-state index contributed by atoms with van der Waals surface area (Å²) in [6.07, 6.45) is 7.40. The number of amides is 7. The van der Waals surface area contributed by atoms with Gasteiger partial charge in [0.15, 0.2) is 0 Å². The number of rotatable bonds is 22. The van der Waals surface area contributed by atoms with Gasteiger partial charge in [-0.2, -0.15) is 0 Å². The molecule has 1 aliphatic rings. The number of benzene rings is 14. The van der Waals surface area contributed by atoms with Crippen LogP contribution in [0.5, 0.6) is 23.0 Å². The van der Waals surface area contributed by atoms with Gasteiger partial charge in [0.2, 0.25) is 0 Å². The Hall–Kier alpha value is -16.0. The number of nitrogens with one attached hydrogen (secondary N) is 4. The van der Waals surface area contributed by atoms with E-state index in [2.05, 4.69) is 135 Å². The third-order valence-electron chi connectivity index (χ3n) is 23.9. The number of anilines is 8. The van der Waals surface area contributed by atoms with Crippen LogP contribution < -0.4 is 31.1 Å². The van der Waals surface area contributed by atoms with Gasteiger partial charge >= 0.3 is 24.1 Å². The van der Waals surface area contributed by atoms with Crippen molar-refractivity contribution in [2.24, 2.45) is 23.2 Å². The first kappa shape index (κ1) is 96.7. The number of nitrogens with zero attached hydrogens (tertiary/aromatic N) is 16. The zero-order chi connectivity index (χ0) is 98.4. The van der Waals surface area contributed by atoms with Crippen LogP contribution in [0.15, 0.2) is 336 Å². The molecule has 1 saturated carbocycles.